The lowest BCUT2D eigenvalue weighted by Crippen LogP contribution is -2.45. The molecule has 2 nitrogen and oxygen atoms in total. The maximum atomic E-state index is 12.1. The minimum absolute atomic E-state index is 0.0963. The van der Waals surface area contributed by atoms with Crippen molar-refractivity contribution < 1.29 is 13.2 Å². The van der Waals surface area contributed by atoms with E-state index in [0.717, 1.165) is 32.5 Å². The molecule has 0 radical (unpaired) electrons. The zero-order chi connectivity index (χ0) is 12.2. The first-order chi connectivity index (χ1) is 7.31. The van der Waals surface area contributed by atoms with Crippen LogP contribution in [0.4, 0.5) is 13.2 Å². The van der Waals surface area contributed by atoms with Crippen LogP contribution in [0.1, 0.15) is 26.2 Å². The molecule has 0 aromatic heterocycles. The second-order valence-corrected chi connectivity index (χ2v) is 5.19. The molecule has 0 saturated carbocycles. The van der Waals surface area contributed by atoms with Gasteiger partial charge in [-0.05, 0) is 31.8 Å². The summed E-state index contributed by atoms with van der Waals surface area (Å²) in [5.74, 6) is 0. The first-order valence-electron chi connectivity index (χ1n) is 5.77. The predicted molar refractivity (Wildman–Crippen MR) is 58.4 cm³/mol. The minimum Gasteiger partial charge on any atom is -0.316 e. The number of rotatable bonds is 4. The number of nitrogens with zero attached hydrogens (tertiary/aromatic N) is 1. The van der Waals surface area contributed by atoms with Crippen molar-refractivity contribution in [2.75, 3.05) is 33.2 Å². The molecule has 1 unspecified atom stereocenters. The Bertz CT molecular complexity index is 210. The predicted octanol–water partition coefficient (Wildman–Crippen LogP) is 2.26. The third-order valence-electron chi connectivity index (χ3n) is 3.11. The Morgan fingerprint density at radius 2 is 2.06 bits per heavy atom. The fraction of sp³-hybridized carbons (Fsp3) is 1.00. The highest BCUT2D eigenvalue weighted by atomic mass is 19.4. The zero-order valence-corrected chi connectivity index (χ0v) is 10.0. The van der Waals surface area contributed by atoms with Crippen LogP contribution in [0.2, 0.25) is 0 Å². The van der Waals surface area contributed by atoms with E-state index in [9.17, 15) is 13.2 Å². The summed E-state index contributed by atoms with van der Waals surface area (Å²) >= 11 is 0. The summed E-state index contributed by atoms with van der Waals surface area (Å²) in [4.78, 5) is 1.79. The SMILES string of the molecule is CN(CCC(F)(F)F)CC1(C)CCCNC1. The van der Waals surface area contributed by atoms with Gasteiger partial charge in [0.15, 0.2) is 0 Å². The smallest absolute Gasteiger partial charge is 0.316 e. The van der Waals surface area contributed by atoms with Crippen molar-refractivity contribution in [1.29, 1.82) is 0 Å². The van der Waals surface area contributed by atoms with Crippen LogP contribution in [0.15, 0.2) is 0 Å². The highest BCUT2D eigenvalue weighted by Gasteiger charge is 2.31. The van der Waals surface area contributed by atoms with Gasteiger partial charge in [0.25, 0.3) is 0 Å². The van der Waals surface area contributed by atoms with Crippen molar-refractivity contribution in [2.45, 2.75) is 32.4 Å². The molecule has 16 heavy (non-hydrogen) atoms. The summed E-state index contributed by atoms with van der Waals surface area (Å²) in [6.07, 6.45) is -2.55. The van der Waals surface area contributed by atoms with E-state index in [-0.39, 0.29) is 12.0 Å². The molecule has 1 fully saturated rings. The Kier molecular flexibility index (Phi) is 4.62. The number of hydrogen-bond donors (Lipinski definition) is 1. The lowest BCUT2D eigenvalue weighted by molar-refractivity contribution is -0.138. The maximum absolute atomic E-state index is 12.1. The first kappa shape index (κ1) is 13.8. The van der Waals surface area contributed by atoms with Gasteiger partial charge in [-0.25, -0.2) is 0 Å². The van der Waals surface area contributed by atoms with Crippen LogP contribution >= 0.6 is 0 Å². The standard InChI is InChI=1S/C11H21F3N2/c1-10(4-3-6-15-8-10)9-16(2)7-5-11(12,13)14/h15H,3-9H2,1-2H3. The first-order valence-corrected chi connectivity index (χ1v) is 5.77. The molecule has 5 heteroatoms. The van der Waals surface area contributed by atoms with Crippen LogP contribution in [-0.4, -0.2) is 44.3 Å². The van der Waals surface area contributed by atoms with Crippen molar-refractivity contribution >= 4 is 0 Å². The van der Waals surface area contributed by atoms with Gasteiger partial charge < -0.3 is 10.2 Å². The number of alkyl halides is 3. The number of halogens is 3. The number of nitrogens with one attached hydrogen (secondary N) is 1. The van der Waals surface area contributed by atoms with E-state index >= 15 is 0 Å². The summed E-state index contributed by atoms with van der Waals surface area (Å²) in [6, 6.07) is 0. The fourth-order valence-corrected chi connectivity index (χ4v) is 2.30. The maximum Gasteiger partial charge on any atom is 0.390 e. The molecule has 0 aromatic rings. The average molecular weight is 238 g/mol. The van der Waals surface area contributed by atoms with E-state index in [1.54, 1.807) is 11.9 Å². The number of piperidine rings is 1. The largest absolute Gasteiger partial charge is 0.390 e. The molecule has 1 aliphatic heterocycles. The van der Waals surface area contributed by atoms with Gasteiger partial charge >= 0.3 is 6.18 Å². The van der Waals surface area contributed by atoms with Gasteiger partial charge in [-0.3, -0.25) is 0 Å². The highest BCUT2D eigenvalue weighted by Crippen LogP contribution is 2.27. The van der Waals surface area contributed by atoms with Crippen molar-refractivity contribution in [1.82, 2.24) is 10.2 Å². The van der Waals surface area contributed by atoms with Gasteiger partial charge in [0.1, 0.15) is 0 Å². The van der Waals surface area contributed by atoms with E-state index < -0.39 is 12.6 Å². The Labute approximate surface area is 95.2 Å². The number of hydrogen-bond acceptors (Lipinski definition) is 2. The van der Waals surface area contributed by atoms with Crippen molar-refractivity contribution in [3.8, 4) is 0 Å². The summed E-state index contributed by atoms with van der Waals surface area (Å²) in [5, 5.41) is 3.30. The Morgan fingerprint density at radius 3 is 2.56 bits per heavy atom. The highest BCUT2D eigenvalue weighted by molar-refractivity contribution is 4.83. The summed E-state index contributed by atoms with van der Waals surface area (Å²) < 4.78 is 36.2. The quantitative estimate of drug-likeness (QED) is 0.808. The van der Waals surface area contributed by atoms with Crippen LogP contribution in [0.25, 0.3) is 0 Å². The van der Waals surface area contributed by atoms with Gasteiger partial charge in [0.05, 0.1) is 6.42 Å². The monoisotopic (exact) mass is 238 g/mol. The topological polar surface area (TPSA) is 15.3 Å². The van der Waals surface area contributed by atoms with E-state index in [2.05, 4.69) is 12.2 Å². The molecular weight excluding hydrogens is 217 g/mol. The van der Waals surface area contributed by atoms with Crippen molar-refractivity contribution in [3.63, 3.8) is 0 Å². The van der Waals surface area contributed by atoms with Crippen LogP contribution in [0, 0.1) is 5.41 Å². The van der Waals surface area contributed by atoms with E-state index in [1.165, 1.54) is 0 Å². The molecule has 1 heterocycles. The minimum atomic E-state index is -4.04. The molecule has 1 saturated heterocycles. The average Bonchev–Trinajstić information content (AvgIpc) is 2.14. The lowest BCUT2D eigenvalue weighted by Gasteiger charge is -2.37. The molecule has 0 amide bonds. The molecule has 1 rings (SSSR count). The Hall–Kier alpha value is -0.290. The van der Waals surface area contributed by atoms with Gasteiger partial charge in [-0.1, -0.05) is 6.92 Å². The third kappa shape index (κ3) is 5.16. The summed E-state index contributed by atoms with van der Waals surface area (Å²) in [7, 11) is 1.77. The van der Waals surface area contributed by atoms with E-state index in [1.807, 2.05) is 0 Å². The second kappa shape index (κ2) is 5.36. The molecule has 0 aliphatic carbocycles. The second-order valence-electron chi connectivity index (χ2n) is 5.19. The Morgan fingerprint density at radius 1 is 1.38 bits per heavy atom. The molecular formula is C11H21F3N2. The molecule has 1 N–H and O–H groups in total. The molecule has 1 atom stereocenters. The third-order valence-corrected chi connectivity index (χ3v) is 3.11. The van der Waals surface area contributed by atoms with E-state index in [0.29, 0.717) is 0 Å². The summed E-state index contributed by atoms with van der Waals surface area (Å²) in [6.45, 7) is 4.91. The van der Waals surface area contributed by atoms with Gasteiger partial charge in [-0.2, -0.15) is 13.2 Å². The van der Waals surface area contributed by atoms with Crippen LogP contribution in [0.5, 0.6) is 0 Å². The normalized spacial score (nSPS) is 27.4. The lowest BCUT2D eigenvalue weighted by atomic mass is 9.82. The van der Waals surface area contributed by atoms with Crippen molar-refractivity contribution in [3.05, 3.63) is 0 Å². The van der Waals surface area contributed by atoms with E-state index in [4.69, 9.17) is 0 Å². The van der Waals surface area contributed by atoms with Crippen LogP contribution in [0.3, 0.4) is 0 Å². The zero-order valence-electron chi connectivity index (χ0n) is 10.0. The molecule has 1 aliphatic rings. The van der Waals surface area contributed by atoms with Gasteiger partial charge in [0.2, 0.25) is 0 Å². The van der Waals surface area contributed by atoms with Crippen LogP contribution in [-0.2, 0) is 0 Å². The molecule has 0 spiro atoms. The molecule has 0 aromatic carbocycles. The fourth-order valence-electron chi connectivity index (χ4n) is 2.30. The van der Waals surface area contributed by atoms with Gasteiger partial charge in [0, 0.05) is 19.6 Å². The summed E-state index contributed by atoms with van der Waals surface area (Å²) in [5.41, 5.74) is 0.124. The molecule has 96 valence electrons. The van der Waals surface area contributed by atoms with Crippen molar-refractivity contribution in [2.24, 2.45) is 5.41 Å². The van der Waals surface area contributed by atoms with Gasteiger partial charge in [-0.15, -0.1) is 0 Å². The Balaban J connectivity index is 2.29. The molecule has 0 bridgehead atoms. The van der Waals surface area contributed by atoms with Crippen LogP contribution < -0.4 is 5.32 Å².